The Morgan fingerprint density at radius 3 is 2.31 bits per heavy atom. The second kappa shape index (κ2) is 8.38. The molecule has 2 aromatic carbocycles. The van der Waals surface area contributed by atoms with Gasteiger partial charge in [0.25, 0.3) is 0 Å². The van der Waals surface area contributed by atoms with Gasteiger partial charge in [0.1, 0.15) is 29.4 Å². The molecule has 0 bridgehead atoms. The van der Waals surface area contributed by atoms with E-state index in [0.29, 0.717) is 30.5 Å². The molecule has 0 amide bonds. The van der Waals surface area contributed by atoms with Crippen LogP contribution in [0.2, 0.25) is 0 Å². The van der Waals surface area contributed by atoms with Crippen LogP contribution in [0.3, 0.4) is 0 Å². The van der Waals surface area contributed by atoms with Gasteiger partial charge < -0.3 is 16.2 Å². The van der Waals surface area contributed by atoms with Gasteiger partial charge >= 0.3 is 0 Å². The quantitative estimate of drug-likeness (QED) is 0.341. The maximum absolute atomic E-state index is 15.0. The molecule has 0 radical (unpaired) electrons. The number of nitrogens with two attached hydrogens (primary N) is 2. The first kappa shape index (κ1) is 21.4. The number of halogens is 5. The lowest BCUT2D eigenvalue weighted by Gasteiger charge is -2.10. The minimum atomic E-state index is -1.75. The van der Waals surface area contributed by atoms with Gasteiger partial charge in [-0.25, -0.2) is 27.8 Å². The van der Waals surface area contributed by atoms with Crippen LogP contribution < -0.4 is 16.2 Å². The van der Waals surface area contributed by atoms with Crippen molar-refractivity contribution in [1.82, 2.24) is 19.7 Å². The molecule has 0 aliphatic carbocycles. The second-order valence-corrected chi connectivity index (χ2v) is 6.71. The first-order chi connectivity index (χ1) is 15.3. The first-order valence-corrected chi connectivity index (χ1v) is 9.29. The van der Waals surface area contributed by atoms with E-state index in [0.717, 1.165) is 12.1 Å². The average molecular weight is 450 g/mol. The molecule has 0 atom stereocenters. The van der Waals surface area contributed by atoms with Crippen LogP contribution in [0.4, 0.5) is 27.8 Å². The SMILES string of the molecule is NCCCn1nc(-c2ccc(Oc3c(F)c(F)cc(F)c3F)cc2F)c2c(N)ncnc21. The van der Waals surface area contributed by atoms with E-state index in [4.69, 9.17) is 16.2 Å². The van der Waals surface area contributed by atoms with Gasteiger partial charge in [0, 0.05) is 24.2 Å². The summed E-state index contributed by atoms with van der Waals surface area (Å²) in [6.45, 7) is 0.793. The van der Waals surface area contributed by atoms with Crippen molar-refractivity contribution in [3.63, 3.8) is 0 Å². The number of rotatable bonds is 6. The molecule has 4 aromatic rings. The Kier molecular flexibility index (Phi) is 5.61. The minimum absolute atomic E-state index is 0.0262. The molecule has 166 valence electrons. The third-order valence-corrected chi connectivity index (χ3v) is 4.62. The Hall–Kier alpha value is -3.80. The van der Waals surface area contributed by atoms with Gasteiger partial charge in [-0.2, -0.15) is 13.9 Å². The van der Waals surface area contributed by atoms with Crippen LogP contribution in [-0.2, 0) is 6.54 Å². The Morgan fingerprint density at radius 2 is 1.66 bits per heavy atom. The summed E-state index contributed by atoms with van der Waals surface area (Å²) in [5.74, 6) is -9.35. The highest BCUT2D eigenvalue weighted by atomic mass is 19.2. The Morgan fingerprint density at radius 1 is 0.938 bits per heavy atom. The summed E-state index contributed by atoms with van der Waals surface area (Å²) in [6.07, 6.45) is 1.83. The highest BCUT2D eigenvalue weighted by Crippen LogP contribution is 2.35. The molecule has 2 heterocycles. The summed E-state index contributed by atoms with van der Waals surface area (Å²) in [5, 5.41) is 4.67. The molecular formula is C20H15F5N6O. The van der Waals surface area contributed by atoms with E-state index >= 15 is 0 Å². The van der Waals surface area contributed by atoms with Crippen LogP contribution in [0.5, 0.6) is 11.5 Å². The van der Waals surface area contributed by atoms with Crippen molar-refractivity contribution in [3.05, 3.63) is 59.7 Å². The predicted molar refractivity (Wildman–Crippen MR) is 105 cm³/mol. The molecule has 0 aliphatic heterocycles. The van der Waals surface area contributed by atoms with Crippen LogP contribution in [0.25, 0.3) is 22.3 Å². The number of anilines is 1. The third-order valence-electron chi connectivity index (χ3n) is 4.62. The van der Waals surface area contributed by atoms with Crippen LogP contribution in [0, 0.1) is 29.1 Å². The Bertz CT molecular complexity index is 1300. The van der Waals surface area contributed by atoms with E-state index < -0.39 is 40.6 Å². The number of nitrogens with zero attached hydrogens (tertiary/aromatic N) is 4. The van der Waals surface area contributed by atoms with E-state index in [-0.39, 0.29) is 23.1 Å². The van der Waals surface area contributed by atoms with Crippen molar-refractivity contribution < 1.29 is 26.7 Å². The monoisotopic (exact) mass is 450 g/mol. The summed E-state index contributed by atoms with van der Waals surface area (Å²) in [5.41, 5.74) is 12.0. The number of fused-ring (bicyclic) bond motifs is 1. The smallest absolute Gasteiger partial charge is 0.204 e. The molecular weight excluding hydrogens is 435 g/mol. The minimum Gasteiger partial charge on any atom is -0.451 e. The number of ether oxygens (including phenoxy) is 1. The topological polar surface area (TPSA) is 105 Å². The molecule has 4 rings (SSSR count). The maximum Gasteiger partial charge on any atom is 0.204 e. The summed E-state index contributed by atoms with van der Waals surface area (Å²) in [4.78, 5) is 8.06. The number of hydrogen-bond donors (Lipinski definition) is 2. The van der Waals surface area contributed by atoms with E-state index in [9.17, 15) is 22.0 Å². The summed E-state index contributed by atoms with van der Waals surface area (Å²) in [6, 6.07) is 3.21. The molecule has 32 heavy (non-hydrogen) atoms. The van der Waals surface area contributed by atoms with E-state index in [1.807, 2.05) is 0 Å². The normalized spacial score (nSPS) is 11.3. The third kappa shape index (κ3) is 3.68. The molecule has 0 saturated carbocycles. The zero-order chi connectivity index (χ0) is 23.0. The standard InChI is InChI=1S/C20H15F5N6O/c21-11-6-9(32-18-15(24)12(22)7-13(23)16(18)25)2-3-10(11)17-14-19(27)28-8-29-20(14)31(30-17)5-1-4-26/h2-3,6-8H,1,4-5,26H2,(H2,27,28,29). The average Bonchev–Trinajstić information content (AvgIpc) is 3.13. The Balaban J connectivity index is 1.76. The van der Waals surface area contributed by atoms with Gasteiger partial charge in [-0.3, -0.25) is 0 Å². The van der Waals surface area contributed by atoms with Crippen molar-refractivity contribution in [2.45, 2.75) is 13.0 Å². The van der Waals surface area contributed by atoms with Crippen LogP contribution in [0.1, 0.15) is 6.42 Å². The van der Waals surface area contributed by atoms with E-state index in [1.54, 1.807) is 0 Å². The van der Waals surface area contributed by atoms with Gasteiger partial charge in [-0.1, -0.05) is 0 Å². The molecule has 0 unspecified atom stereocenters. The van der Waals surface area contributed by atoms with E-state index in [2.05, 4.69) is 15.1 Å². The summed E-state index contributed by atoms with van der Waals surface area (Å²) < 4.78 is 75.8. The van der Waals surface area contributed by atoms with Crippen molar-refractivity contribution in [3.8, 4) is 22.8 Å². The maximum atomic E-state index is 15.0. The fourth-order valence-corrected chi connectivity index (χ4v) is 3.13. The zero-order valence-corrected chi connectivity index (χ0v) is 16.2. The zero-order valence-electron chi connectivity index (χ0n) is 16.2. The van der Waals surface area contributed by atoms with Crippen LogP contribution in [0.15, 0.2) is 30.6 Å². The molecule has 4 N–H and O–H groups in total. The van der Waals surface area contributed by atoms with Crippen molar-refractivity contribution in [2.75, 3.05) is 12.3 Å². The van der Waals surface area contributed by atoms with Crippen LogP contribution >= 0.6 is 0 Å². The molecule has 12 heteroatoms. The summed E-state index contributed by atoms with van der Waals surface area (Å²) >= 11 is 0. The fraction of sp³-hybridized carbons (Fsp3) is 0.150. The number of aromatic nitrogens is 4. The largest absolute Gasteiger partial charge is 0.451 e. The van der Waals surface area contributed by atoms with E-state index in [1.165, 1.54) is 17.1 Å². The molecule has 0 aliphatic rings. The van der Waals surface area contributed by atoms with Gasteiger partial charge in [0.05, 0.1) is 5.39 Å². The first-order valence-electron chi connectivity index (χ1n) is 9.29. The lowest BCUT2D eigenvalue weighted by atomic mass is 10.1. The predicted octanol–water partition coefficient (Wildman–Crippen LogP) is 3.91. The number of nitrogen functional groups attached to an aromatic ring is 1. The van der Waals surface area contributed by atoms with Crippen LogP contribution in [-0.4, -0.2) is 26.3 Å². The van der Waals surface area contributed by atoms with Gasteiger partial charge in [0.15, 0.2) is 17.3 Å². The van der Waals surface area contributed by atoms with Gasteiger partial charge in [-0.15, -0.1) is 0 Å². The highest BCUT2D eigenvalue weighted by Gasteiger charge is 2.23. The van der Waals surface area contributed by atoms with Gasteiger partial charge in [-0.05, 0) is 25.1 Å². The van der Waals surface area contributed by atoms with Crippen molar-refractivity contribution in [1.29, 1.82) is 0 Å². The van der Waals surface area contributed by atoms with Crippen molar-refractivity contribution in [2.24, 2.45) is 5.73 Å². The highest BCUT2D eigenvalue weighted by molar-refractivity contribution is 5.98. The Labute approximate surface area is 177 Å². The number of benzene rings is 2. The lowest BCUT2D eigenvalue weighted by Crippen LogP contribution is -2.07. The summed E-state index contributed by atoms with van der Waals surface area (Å²) in [7, 11) is 0. The molecule has 0 spiro atoms. The molecule has 7 nitrogen and oxygen atoms in total. The fourth-order valence-electron chi connectivity index (χ4n) is 3.13. The number of aryl methyl sites for hydroxylation is 1. The number of hydrogen-bond acceptors (Lipinski definition) is 6. The molecule has 0 saturated heterocycles. The molecule has 0 fully saturated rings. The molecule has 2 aromatic heterocycles. The second-order valence-electron chi connectivity index (χ2n) is 6.71. The van der Waals surface area contributed by atoms with Gasteiger partial charge in [0.2, 0.25) is 17.4 Å². The lowest BCUT2D eigenvalue weighted by molar-refractivity contribution is 0.365. The van der Waals surface area contributed by atoms with Crippen molar-refractivity contribution >= 4 is 16.9 Å².